The number of carbonyl (C=O) groups excluding carboxylic acids is 1. The van der Waals surface area contributed by atoms with Crippen LogP contribution in [0, 0.1) is 5.92 Å². The zero-order valence-corrected chi connectivity index (χ0v) is 11.7. The molecule has 0 saturated heterocycles. The Balaban J connectivity index is 2.76. The fourth-order valence-corrected chi connectivity index (χ4v) is 1.89. The average Bonchev–Trinajstić information content (AvgIpc) is 2.27. The molecule has 0 fully saturated rings. The van der Waals surface area contributed by atoms with E-state index < -0.39 is 0 Å². The molecule has 2 N–H and O–H groups in total. The highest BCUT2D eigenvalue weighted by molar-refractivity contribution is 9.10. The number of ether oxygens (including phenoxy) is 1. The number of methoxy groups -OCH3 is 1. The minimum Gasteiger partial charge on any atom is -0.469 e. The molecule has 1 atom stereocenters. The summed E-state index contributed by atoms with van der Waals surface area (Å²) in [6.45, 7) is 2.31. The lowest BCUT2D eigenvalue weighted by atomic mass is 10.2. The van der Waals surface area contributed by atoms with Gasteiger partial charge in [-0.15, -0.1) is 0 Å². The van der Waals surface area contributed by atoms with Crippen LogP contribution in [-0.2, 0) is 9.53 Å². The van der Waals surface area contributed by atoms with Crippen LogP contribution in [0.4, 0.5) is 11.5 Å². The van der Waals surface area contributed by atoms with Crippen LogP contribution < -0.4 is 10.6 Å². The number of anilines is 2. The lowest BCUT2D eigenvalue weighted by Gasteiger charge is -2.22. The average molecular weight is 302 g/mol. The summed E-state index contributed by atoms with van der Waals surface area (Å²) in [4.78, 5) is 17.4. The molecule has 0 aliphatic heterocycles. The number of aromatic nitrogens is 1. The zero-order chi connectivity index (χ0) is 13.0. The molecule has 0 amide bonds. The maximum Gasteiger partial charge on any atom is 0.310 e. The number of carbonyl (C=O) groups is 1. The van der Waals surface area contributed by atoms with E-state index >= 15 is 0 Å². The quantitative estimate of drug-likeness (QED) is 0.857. The van der Waals surface area contributed by atoms with Gasteiger partial charge in [0, 0.05) is 24.3 Å². The molecule has 0 aliphatic rings. The Morgan fingerprint density at radius 3 is 2.88 bits per heavy atom. The molecule has 6 heteroatoms. The molecule has 5 nitrogen and oxygen atoms in total. The first-order chi connectivity index (χ1) is 7.95. The van der Waals surface area contributed by atoms with Crippen molar-refractivity contribution >= 4 is 33.4 Å². The normalized spacial score (nSPS) is 12.0. The van der Waals surface area contributed by atoms with E-state index in [1.165, 1.54) is 7.11 Å². The fraction of sp³-hybridized carbons (Fsp3) is 0.455. The molecule has 0 saturated carbocycles. The smallest absolute Gasteiger partial charge is 0.310 e. The van der Waals surface area contributed by atoms with Crippen molar-refractivity contribution in [3.63, 3.8) is 0 Å². The highest BCUT2D eigenvalue weighted by Crippen LogP contribution is 2.23. The number of hydrogen-bond donors (Lipinski definition) is 1. The molecular formula is C11H16BrN3O2. The predicted molar refractivity (Wildman–Crippen MR) is 70.8 cm³/mol. The number of halogens is 1. The van der Waals surface area contributed by atoms with Crippen LogP contribution >= 0.6 is 15.9 Å². The van der Waals surface area contributed by atoms with Crippen molar-refractivity contribution in [3.05, 3.63) is 16.7 Å². The number of nitrogen functional groups attached to an aromatic ring is 1. The predicted octanol–water partition coefficient (Wildman–Crippen LogP) is 1.67. The zero-order valence-electron chi connectivity index (χ0n) is 10.1. The first-order valence-corrected chi connectivity index (χ1v) is 5.95. The molecule has 17 heavy (non-hydrogen) atoms. The van der Waals surface area contributed by atoms with Gasteiger partial charge in [-0.05, 0) is 22.0 Å². The number of rotatable bonds is 4. The number of pyridine rings is 1. The molecule has 0 bridgehead atoms. The lowest BCUT2D eigenvalue weighted by Crippen LogP contribution is -2.30. The lowest BCUT2D eigenvalue weighted by molar-refractivity contribution is -0.144. The maximum atomic E-state index is 11.3. The van der Waals surface area contributed by atoms with Crippen LogP contribution in [0.2, 0.25) is 0 Å². The molecule has 94 valence electrons. The summed E-state index contributed by atoms with van der Waals surface area (Å²) in [5.41, 5.74) is 6.42. The Bertz CT molecular complexity index is 412. The van der Waals surface area contributed by atoms with Gasteiger partial charge in [0.25, 0.3) is 0 Å². The second-order valence-electron chi connectivity index (χ2n) is 3.87. The summed E-state index contributed by atoms with van der Waals surface area (Å²) >= 11 is 3.30. The van der Waals surface area contributed by atoms with Gasteiger partial charge in [-0.1, -0.05) is 6.92 Å². The molecule has 1 aromatic heterocycles. The van der Waals surface area contributed by atoms with Crippen molar-refractivity contribution in [3.8, 4) is 0 Å². The van der Waals surface area contributed by atoms with Crippen molar-refractivity contribution in [2.75, 3.05) is 31.3 Å². The van der Waals surface area contributed by atoms with Gasteiger partial charge in [0.05, 0.1) is 18.7 Å². The second-order valence-corrected chi connectivity index (χ2v) is 4.79. The molecule has 1 unspecified atom stereocenters. The molecule has 0 aromatic carbocycles. The summed E-state index contributed by atoms with van der Waals surface area (Å²) in [5.74, 6) is 0.186. The standard InChI is InChI=1S/C11H16BrN3O2/c1-7(11(16)17-3)6-15(2)10-9(13)4-8(12)5-14-10/h4-5,7H,6,13H2,1-3H3. The minimum atomic E-state index is -0.243. The van der Waals surface area contributed by atoms with E-state index in [-0.39, 0.29) is 11.9 Å². The number of esters is 1. The van der Waals surface area contributed by atoms with E-state index in [1.54, 1.807) is 19.2 Å². The van der Waals surface area contributed by atoms with Crippen LogP contribution in [0.1, 0.15) is 6.92 Å². The van der Waals surface area contributed by atoms with Crippen LogP contribution in [0.15, 0.2) is 16.7 Å². The van der Waals surface area contributed by atoms with E-state index in [0.717, 1.165) is 4.47 Å². The monoisotopic (exact) mass is 301 g/mol. The van der Waals surface area contributed by atoms with Crippen molar-refractivity contribution in [2.24, 2.45) is 5.92 Å². The van der Waals surface area contributed by atoms with Gasteiger partial charge < -0.3 is 15.4 Å². The summed E-state index contributed by atoms with van der Waals surface area (Å²) in [5, 5.41) is 0. The Labute approximate surface area is 109 Å². The highest BCUT2D eigenvalue weighted by atomic mass is 79.9. The summed E-state index contributed by atoms with van der Waals surface area (Å²) in [6.07, 6.45) is 1.67. The summed E-state index contributed by atoms with van der Waals surface area (Å²) in [6, 6.07) is 1.78. The van der Waals surface area contributed by atoms with Crippen LogP contribution in [0.5, 0.6) is 0 Å². The Kier molecular flexibility index (Phi) is 4.74. The Morgan fingerprint density at radius 2 is 2.35 bits per heavy atom. The molecule has 1 rings (SSSR count). The van der Waals surface area contributed by atoms with Gasteiger partial charge in [0.15, 0.2) is 5.82 Å². The third-order valence-electron chi connectivity index (χ3n) is 2.37. The van der Waals surface area contributed by atoms with Gasteiger partial charge in [0.2, 0.25) is 0 Å². The number of nitrogens with two attached hydrogens (primary N) is 1. The van der Waals surface area contributed by atoms with Gasteiger partial charge in [0.1, 0.15) is 0 Å². The Hall–Kier alpha value is -1.30. The topological polar surface area (TPSA) is 68.5 Å². The van der Waals surface area contributed by atoms with Crippen molar-refractivity contribution in [1.29, 1.82) is 0 Å². The van der Waals surface area contributed by atoms with Crippen molar-refractivity contribution in [1.82, 2.24) is 4.98 Å². The van der Waals surface area contributed by atoms with Gasteiger partial charge in [-0.3, -0.25) is 4.79 Å². The Morgan fingerprint density at radius 1 is 1.71 bits per heavy atom. The summed E-state index contributed by atoms with van der Waals surface area (Å²) < 4.78 is 5.50. The molecule has 1 aromatic rings. The van der Waals surface area contributed by atoms with E-state index in [4.69, 9.17) is 5.73 Å². The van der Waals surface area contributed by atoms with Gasteiger partial charge in [-0.2, -0.15) is 0 Å². The van der Waals surface area contributed by atoms with E-state index in [0.29, 0.717) is 18.1 Å². The van der Waals surface area contributed by atoms with Gasteiger partial charge >= 0.3 is 5.97 Å². The largest absolute Gasteiger partial charge is 0.469 e. The first-order valence-electron chi connectivity index (χ1n) is 5.15. The minimum absolute atomic E-state index is 0.227. The second kappa shape index (κ2) is 5.86. The highest BCUT2D eigenvalue weighted by Gasteiger charge is 2.17. The van der Waals surface area contributed by atoms with Crippen LogP contribution in [0.25, 0.3) is 0 Å². The van der Waals surface area contributed by atoms with E-state index in [2.05, 4.69) is 25.7 Å². The van der Waals surface area contributed by atoms with Gasteiger partial charge in [-0.25, -0.2) is 4.98 Å². The fourth-order valence-electron chi connectivity index (χ4n) is 1.54. The molecule has 1 heterocycles. The third-order valence-corrected chi connectivity index (χ3v) is 2.81. The van der Waals surface area contributed by atoms with E-state index in [1.807, 2.05) is 11.9 Å². The van der Waals surface area contributed by atoms with Crippen LogP contribution in [0.3, 0.4) is 0 Å². The first kappa shape index (κ1) is 13.8. The van der Waals surface area contributed by atoms with E-state index in [9.17, 15) is 4.79 Å². The third kappa shape index (κ3) is 3.59. The van der Waals surface area contributed by atoms with Crippen molar-refractivity contribution in [2.45, 2.75) is 6.92 Å². The molecule has 0 aliphatic carbocycles. The maximum absolute atomic E-state index is 11.3. The molecule has 0 spiro atoms. The molecular weight excluding hydrogens is 286 g/mol. The summed E-state index contributed by atoms with van der Waals surface area (Å²) in [7, 11) is 3.22. The van der Waals surface area contributed by atoms with Crippen molar-refractivity contribution < 1.29 is 9.53 Å². The number of hydrogen-bond acceptors (Lipinski definition) is 5. The SMILES string of the molecule is COC(=O)C(C)CN(C)c1ncc(Br)cc1N. The molecule has 0 radical (unpaired) electrons. The van der Waals surface area contributed by atoms with Crippen LogP contribution in [-0.4, -0.2) is 31.7 Å². The number of nitrogens with zero attached hydrogens (tertiary/aromatic N) is 2.